The van der Waals surface area contributed by atoms with Crippen molar-refractivity contribution in [2.24, 2.45) is 5.73 Å². The molecule has 0 amide bonds. The Labute approximate surface area is 133 Å². The van der Waals surface area contributed by atoms with Crippen molar-refractivity contribution in [1.82, 2.24) is 10.1 Å². The molecule has 22 heavy (non-hydrogen) atoms. The van der Waals surface area contributed by atoms with Crippen molar-refractivity contribution in [1.29, 1.82) is 0 Å². The lowest BCUT2D eigenvalue weighted by atomic mass is 9.99. The van der Waals surface area contributed by atoms with Crippen LogP contribution in [0.4, 0.5) is 0 Å². The summed E-state index contributed by atoms with van der Waals surface area (Å²) in [5, 5.41) is 4.31. The highest BCUT2D eigenvalue weighted by Crippen LogP contribution is 2.36. The summed E-state index contributed by atoms with van der Waals surface area (Å²) < 4.78 is 28.6. The Hall–Kier alpha value is -1.44. The van der Waals surface area contributed by atoms with E-state index in [2.05, 4.69) is 10.1 Å². The van der Waals surface area contributed by atoms with Crippen LogP contribution in [0.2, 0.25) is 5.02 Å². The SMILES string of the molecule is CS(=O)(=O)c1ccc(Cl)c(-c2nc(C3(N)CCCC3)no2)c1. The molecular weight excluding hydrogens is 326 g/mol. The first kappa shape index (κ1) is 15.5. The van der Waals surface area contributed by atoms with Crippen LogP contribution in [0.3, 0.4) is 0 Å². The second-order valence-corrected chi connectivity index (χ2v) is 8.12. The van der Waals surface area contributed by atoms with Crippen molar-refractivity contribution in [2.45, 2.75) is 36.1 Å². The standard InChI is InChI=1S/C14H16ClN3O3S/c1-22(19,20)9-4-5-11(15)10(8-9)12-17-13(18-21-12)14(16)6-2-3-7-14/h4-5,8H,2-3,6-7,16H2,1H3. The summed E-state index contributed by atoms with van der Waals surface area (Å²) >= 11 is 6.13. The van der Waals surface area contributed by atoms with E-state index in [0.717, 1.165) is 31.9 Å². The predicted molar refractivity (Wildman–Crippen MR) is 82.2 cm³/mol. The number of aromatic nitrogens is 2. The number of halogens is 1. The van der Waals surface area contributed by atoms with E-state index in [1.54, 1.807) is 0 Å². The van der Waals surface area contributed by atoms with Crippen LogP contribution >= 0.6 is 11.6 Å². The third-order valence-electron chi connectivity index (χ3n) is 3.96. The molecule has 0 aliphatic heterocycles. The summed E-state index contributed by atoms with van der Waals surface area (Å²) in [6, 6.07) is 4.39. The summed E-state index contributed by atoms with van der Waals surface area (Å²) in [5.74, 6) is 0.628. The molecule has 1 fully saturated rings. The van der Waals surface area contributed by atoms with Crippen LogP contribution in [0, 0.1) is 0 Å². The molecule has 1 heterocycles. The highest BCUT2D eigenvalue weighted by atomic mass is 35.5. The number of hydrogen-bond donors (Lipinski definition) is 1. The largest absolute Gasteiger partial charge is 0.334 e. The molecule has 1 aliphatic rings. The number of sulfone groups is 1. The molecule has 0 saturated heterocycles. The number of nitrogens with two attached hydrogens (primary N) is 1. The first-order chi connectivity index (χ1) is 10.3. The minimum absolute atomic E-state index is 0.148. The van der Waals surface area contributed by atoms with E-state index in [9.17, 15) is 8.42 Å². The van der Waals surface area contributed by atoms with E-state index in [1.165, 1.54) is 18.2 Å². The lowest BCUT2D eigenvalue weighted by molar-refractivity contribution is 0.372. The van der Waals surface area contributed by atoms with Gasteiger partial charge in [-0.1, -0.05) is 29.6 Å². The second-order valence-electron chi connectivity index (χ2n) is 5.70. The first-order valence-corrected chi connectivity index (χ1v) is 9.20. The van der Waals surface area contributed by atoms with Crippen LogP contribution in [0.15, 0.2) is 27.6 Å². The molecular formula is C14H16ClN3O3S. The van der Waals surface area contributed by atoms with E-state index in [-0.39, 0.29) is 10.8 Å². The maximum Gasteiger partial charge on any atom is 0.259 e. The fourth-order valence-corrected chi connectivity index (χ4v) is 3.51. The molecule has 1 aromatic heterocycles. The van der Waals surface area contributed by atoms with Gasteiger partial charge in [-0.15, -0.1) is 0 Å². The van der Waals surface area contributed by atoms with Crippen molar-refractivity contribution in [3.8, 4) is 11.5 Å². The molecule has 0 radical (unpaired) electrons. The van der Waals surface area contributed by atoms with Crippen LogP contribution in [-0.4, -0.2) is 24.8 Å². The van der Waals surface area contributed by atoms with Gasteiger partial charge in [-0.05, 0) is 31.0 Å². The van der Waals surface area contributed by atoms with Crippen molar-refractivity contribution in [2.75, 3.05) is 6.26 Å². The van der Waals surface area contributed by atoms with Gasteiger partial charge in [-0.3, -0.25) is 0 Å². The minimum atomic E-state index is -3.34. The van der Waals surface area contributed by atoms with Crippen LogP contribution in [0.5, 0.6) is 0 Å². The van der Waals surface area contributed by atoms with Gasteiger partial charge in [0.1, 0.15) is 0 Å². The molecule has 0 spiro atoms. The Kier molecular flexibility index (Phi) is 3.74. The zero-order chi connectivity index (χ0) is 16.0. The lowest BCUT2D eigenvalue weighted by Gasteiger charge is -2.17. The molecule has 0 bridgehead atoms. The number of hydrogen-bond acceptors (Lipinski definition) is 6. The lowest BCUT2D eigenvalue weighted by Crippen LogP contribution is -2.34. The van der Waals surface area contributed by atoms with E-state index in [1.807, 2.05) is 0 Å². The molecule has 0 unspecified atom stereocenters. The van der Waals surface area contributed by atoms with Gasteiger partial charge in [-0.2, -0.15) is 4.98 Å². The monoisotopic (exact) mass is 341 g/mol. The molecule has 2 aromatic rings. The minimum Gasteiger partial charge on any atom is -0.334 e. The quantitative estimate of drug-likeness (QED) is 0.920. The average molecular weight is 342 g/mol. The van der Waals surface area contributed by atoms with Crippen molar-refractivity contribution in [3.63, 3.8) is 0 Å². The molecule has 2 N–H and O–H groups in total. The molecule has 1 aliphatic carbocycles. The predicted octanol–water partition coefficient (Wildman–Crippen LogP) is 2.52. The van der Waals surface area contributed by atoms with E-state index < -0.39 is 15.4 Å². The summed E-state index contributed by atoms with van der Waals surface area (Å²) in [5.41, 5.74) is 6.12. The van der Waals surface area contributed by atoms with Crippen molar-refractivity contribution < 1.29 is 12.9 Å². The van der Waals surface area contributed by atoms with E-state index in [0.29, 0.717) is 16.4 Å². The van der Waals surface area contributed by atoms with Gasteiger partial charge < -0.3 is 10.3 Å². The molecule has 0 atom stereocenters. The number of nitrogens with zero attached hydrogens (tertiary/aromatic N) is 2. The van der Waals surface area contributed by atoms with E-state index >= 15 is 0 Å². The summed E-state index contributed by atoms with van der Waals surface area (Å²) in [6.07, 6.45) is 4.81. The Morgan fingerprint density at radius 1 is 1.32 bits per heavy atom. The Morgan fingerprint density at radius 3 is 2.64 bits per heavy atom. The summed E-state index contributed by atoms with van der Waals surface area (Å²) in [6.45, 7) is 0. The van der Waals surface area contributed by atoms with Crippen molar-refractivity contribution in [3.05, 3.63) is 29.0 Å². The topological polar surface area (TPSA) is 99.1 Å². The Balaban J connectivity index is 2.03. The zero-order valence-corrected chi connectivity index (χ0v) is 13.6. The highest BCUT2D eigenvalue weighted by molar-refractivity contribution is 7.90. The van der Waals surface area contributed by atoms with Crippen LogP contribution < -0.4 is 5.73 Å². The van der Waals surface area contributed by atoms with Crippen LogP contribution in [-0.2, 0) is 15.4 Å². The van der Waals surface area contributed by atoms with Crippen LogP contribution in [0.25, 0.3) is 11.5 Å². The zero-order valence-electron chi connectivity index (χ0n) is 12.0. The van der Waals surface area contributed by atoms with Gasteiger partial charge in [0, 0.05) is 6.26 Å². The van der Waals surface area contributed by atoms with Crippen molar-refractivity contribution >= 4 is 21.4 Å². The van der Waals surface area contributed by atoms with E-state index in [4.69, 9.17) is 21.9 Å². The maximum atomic E-state index is 11.7. The van der Waals surface area contributed by atoms with Gasteiger partial charge >= 0.3 is 0 Å². The fraction of sp³-hybridized carbons (Fsp3) is 0.429. The Morgan fingerprint density at radius 2 is 2.00 bits per heavy atom. The molecule has 3 rings (SSSR count). The average Bonchev–Trinajstić information content (AvgIpc) is 3.07. The summed E-state index contributed by atoms with van der Waals surface area (Å²) in [7, 11) is -3.34. The molecule has 118 valence electrons. The van der Waals surface area contributed by atoms with Gasteiger partial charge in [0.15, 0.2) is 15.7 Å². The third-order valence-corrected chi connectivity index (χ3v) is 5.40. The first-order valence-electron chi connectivity index (χ1n) is 6.93. The second kappa shape index (κ2) is 5.33. The highest BCUT2D eigenvalue weighted by Gasteiger charge is 2.36. The number of benzene rings is 1. The van der Waals surface area contributed by atoms with Crippen LogP contribution in [0.1, 0.15) is 31.5 Å². The molecule has 1 aromatic carbocycles. The molecule has 1 saturated carbocycles. The smallest absolute Gasteiger partial charge is 0.259 e. The third kappa shape index (κ3) is 2.76. The normalized spacial score (nSPS) is 17.8. The Bertz CT molecular complexity index is 810. The van der Waals surface area contributed by atoms with Gasteiger partial charge in [0.2, 0.25) is 0 Å². The molecule has 6 nitrogen and oxygen atoms in total. The van der Waals surface area contributed by atoms with Gasteiger partial charge in [0.05, 0.1) is 21.0 Å². The number of rotatable bonds is 3. The summed E-state index contributed by atoms with van der Waals surface area (Å²) in [4.78, 5) is 4.48. The van der Waals surface area contributed by atoms with Gasteiger partial charge in [0.25, 0.3) is 5.89 Å². The van der Waals surface area contributed by atoms with Gasteiger partial charge in [-0.25, -0.2) is 8.42 Å². The maximum absolute atomic E-state index is 11.7. The molecule has 8 heteroatoms. The fourth-order valence-electron chi connectivity index (χ4n) is 2.66.